The number of ether oxygens (including phenoxy) is 2. The molecule has 1 N–H and O–H groups in total. The Morgan fingerprint density at radius 2 is 1.89 bits per heavy atom. The van der Waals surface area contributed by atoms with E-state index in [1.54, 1.807) is 0 Å². The zero-order chi connectivity index (χ0) is 24.8. The topological polar surface area (TPSA) is 68.6 Å². The third kappa shape index (κ3) is 8.29. The van der Waals surface area contributed by atoms with Crippen molar-refractivity contribution < 1.29 is 14.3 Å². The second kappa shape index (κ2) is 13.5. The molecule has 1 aromatic heterocycles. The van der Waals surface area contributed by atoms with E-state index in [0.717, 1.165) is 48.6 Å². The molecule has 1 amide bonds. The number of aromatic nitrogens is 2. The number of benzene rings is 1. The molecule has 7 nitrogen and oxygen atoms in total. The van der Waals surface area contributed by atoms with Crippen molar-refractivity contribution in [3.8, 4) is 5.75 Å². The molecular weight excluding hydrogens is 499 g/mol. The van der Waals surface area contributed by atoms with E-state index < -0.39 is 6.09 Å². The van der Waals surface area contributed by atoms with Gasteiger partial charge in [0, 0.05) is 28.9 Å². The fourth-order valence-corrected chi connectivity index (χ4v) is 5.20. The maximum atomic E-state index is 12.5. The fraction of sp³-hybridized carbons (Fsp3) is 0.630. The Labute approximate surface area is 226 Å². The number of amides is 1. The van der Waals surface area contributed by atoms with Crippen molar-refractivity contribution >= 4 is 35.9 Å². The predicted octanol–water partition coefficient (Wildman–Crippen LogP) is 6.55. The molecule has 9 heteroatoms. The number of likely N-dealkylation sites (tertiary alicyclic amines) is 1. The van der Waals surface area contributed by atoms with Crippen LogP contribution in [0.1, 0.15) is 63.6 Å². The molecule has 0 atom stereocenters. The van der Waals surface area contributed by atoms with E-state index in [1.165, 1.54) is 32.5 Å². The summed E-state index contributed by atoms with van der Waals surface area (Å²) in [5.74, 6) is 2.44. The van der Waals surface area contributed by atoms with Crippen LogP contribution < -0.4 is 10.1 Å². The molecule has 0 unspecified atom stereocenters. The van der Waals surface area contributed by atoms with Gasteiger partial charge in [-0.25, -0.2) is 4.79 Å². The number of carbonyl (C=O) groups excluding carboxylic acids is 1. The lowest BCUT2D eigenvalue weighted by Crippen LogP contribution is -2.32. The van der Waals surface area contributed by atoms with Crippen LogP contribution in [0.5, 0.6) is 5.75 Å². The first kappa shape index (κ1) is 28.6. The van der Waals surface area contributed by atoms with E-state index in [4.69, 9.17) is 21.1 Å². The fourth-order valence-electron chi connectivity index (χ4n) is 5.01. The van der Waals surface area contributed by atoms with Gasteiger partial charge in [-0.05, 0) is 88.6 Å². The Morgan fingerprint density at radius 1 is 1.17 bits per heavy atom. The van der Waals surface area contributed by atoms with Crippen molar-refractivity contribution in [3.63, 3.8) is 0 Å². The number of nitrogens with zero attached hydrogens (tertiary/aromatic N) is 3. The molecule has 4 rings (SSSR count). The summed E-state index contributed by atoms with van der Waals surface area (Å²) in [4.78, 5) is 15.1. The largest absolute Gasteiger partial charge is 0.493 e. The summed E-state index contributed by atoms with van der Waals surface area (Å²) in [7, 11) is 0. The molecule has 2 aliphatic rings. The summed E-state index contributed by atoms with van der Waals surface area (Å²) in [5.41, 5.74) is 1.88. The van der Waals surface area contributed by atoms with Crippen molar-refractivity contribution in [2.75, 3.05) is 31.6 Å². The smallest absolute Gasteiger partial charge is 0.413 e. The Morgan fingerprint density at radius 3 is 2.58 bits per heavy atom. The Balaban J connectivity index is 0.00000361. The van der Waals surface area contributed by atoms with Crippen LogP contribution >= 0.6 is 24.0 Å². The predicted molar refractivity (Wildman–Crippen MR) is 147 cm³/mol. The van der Waals surface area contributed by atoms with Gasteiger partial charge in [0.2, 0.25) is 0 Å². The standard InChI is InChI=1S/C27H39ClN4O3.ClH/c1-19(2)18-34-25-11-8-23(28)15-22(25)17-32-20(3)14-26(30-32)29-27(33)35-24-9-6-21(7-10-24)16-31-12-4-5-13-31;/h8,11,14-15,19,21,24H,4-7,9-10,12-13,16-18H2,1-3H3,(H,29,30,33);1H. The van der Waals surface area contributed by atoms with Crippen LogP contribution in [0.25, 0.3) is 0 Å². The van der Waals surface area contributed by atoms with Crippen molar-refractivity contribution in [1.29, 1.82) is 0 Å². The van der Waals surface area contributed by atoms with Crippen LogP contribution in [-0.2, 0) is 11.3 Å². The summed E-state index contributed by atoms with van der Waals surface area (Å²) in [6, 6.07) is 7.49. The van der Waals surface area contributed by atoms with Gasteiger partial charge >= 0.3 is 6.09 Å². The molecule has 2 fully saturated rings. The van der Waals surface area contributed by atoms with Crippen LogP contribution in [0.15, 0.2) is 24.3 Å². The van der Waals surface area contributed by atoms with Crippen molar-refractivity contribution in [3.05, 3.63) is 40.5 Å². The number of hydrogen-bond donors (Lipinski definition) is 1. The van der Waals surface area contributed by atoms with E-state index in [-0.39, 0.29) is 18.5 Å². The van der Waals surface area contributed by atoms with Gasteiger partial charge in [-0.3, -0.25) is 10.00 Å². The van der Waals surface area contributed by atoms with Gasteiger partial charge in [-0.2, -0.15) is 5.10 Å². The third-order valence-electron chi connectivity index (χ3n) is 6.91. The highest BCUT2D eigenvalue weighted by atomic mass is 35.5. The Kier molecular flexibility index (Phi) is 10.8. The van der Waals surface area contributed by atoms with Crippen molar-refractivity contribution in [2.24, 2.45) is 11.8 Å². The third-order valence-corrected chi connectivity index (χ3v) is 7.14. The van der Waals surface area contributed by atoms with Crippen LogP contribution in [0.2, 0.25) is 5.02 Å². The van der Waals surface area contributed by atoms with E-state index in [2.05, 4.69) is 29.2 Å². The molecule has 0 radical (unpaired) electrons. The zero-order valence-corrected chi connectivity index (χ0v) is 23.2. The lowest BCUT2D eigenvalue weighted by molar-refractivity contribution is 0.0686. The number of halogens is 2. The number of hydrogen-bond acceptors (Lipinski definition) is 5. The van der Waals surface area contributed by atoms with Crippen LogP contribution in [0.4, 0.5) is 10.6 Å². The molecule has 2 aromatic rings. The highest BCUT2D eigenvalue weighted by Crippen LogP contribution is 2.29. The Hall–Kier alpha value is -1.96. The zero-order valence-electron chi connectivity index (χ0n) is 21.7. The maximum absolute atomic E-state index is 12.5. The number of anilines is 1. The van der Waals surface area contributed by atoms with E-state index >= 15 is 0 Å². The van der Waals surface area contributed by atoms with Gasteiger partial charge in [-0.1, -0.05) is 25.4 Å². The normalized spacial score (nSPS) is 20.2. The molecule has 36 heavy (non-hydrogen) atoms. The second-order valence-electron chi connectivity index (χ2n) is 10.5. The minimum Gasteiger partial charge on any atom is -0.493 e. The van der Waals surface area contributed by atoms with E-state index in [0.29, 0.717) is 29.9 Å². The van der Waals surface area contributed by atoms with Gasteiger partial charge in [0.1, 0.15) is 11.9 Å². The van der Waals surface area contributed by atoms with Crippen LogP contribution in [0, 0.1) is 18.8 Å². The maximum Gasteiger partial charge on any atom is 0.413 e. The average molecular weight is 540 g/mol. The number of rotatable bonds is 9. The van der Waals surface area contributed by atoms with E-state index in [9.17, 15) is 4.79 Å². The summed E-state index contributed by atoms with van der Waals surface area (Å²) >= 11 is 6.24. The van der Waals surface area contributed by atoms with Gasteiger partial charge in [0.05, 0.1) is 13.2 Å². The van der Waals surface area contributed by atoms with Crippen LogP contribution in [-0.4, -0.2) is 53.1 Å². The minimum atomic E-state index is -0.429. The molecule has 200 valence electrons. The quantitative estimate of drug-likeness (QED) is 0.391. The molecule has 1 saturated heterocycles. The number of carbonyl (C=O) groups is 1. The Bertz CT molecular complexity index is 983. The summed E-state index contributed by atoms with van der Waals surface area (Å²) < 4.78 is 13.5. The molecule has 1 aromatic carbocycles. The van der Waals surface area contributed by atoms with Gasteiger partial charge in [0.15, 0.2) is 5.82 Å². The van der Waals surface area contributed by atoms with E-state index in [1.807, 2.05) is 35.9 Å². The lowest BCUT2D eigenvalue weighted by Gasteiger charge is -2.30. The number of aryl methyl sites for hydroxylation is 1. The highest BCUT2D eigenvalue weighted by Gasteiger charge is 2.26. The second-order valence-corrected chi connectivity index (χ2v) is 10.9. The molecule has 0 spiro atoms. The SMILES string of the molecule is Cc1cc(NC(=O)OC2CCC(CN3CCCC3)CC2)nn1Cc1cc(Cl)ccc1OCC(C)C.Cl. The summed E-state index contributed by atoms with van der Waals surface area (Å²) in [5, 5.41) is 8.04. The van der Waals surface area contributed by atoms with Gasteiger partial charge in [-0.15, -0.1) is 12.4 Å². The molecule has 1 aliphatic heterocycles. The number of nitrogens with one attached hydrogen (secondary N) is 1. The minimum absolute atomic E-state index is 0. The summed E-state index contributed by atoms with van der Waals surface area (Å²) in [6.07, 6.45) is 6.36. The van der Waals surface area contributed by atoms with Gasteiger partial charge in [0.25, 0.3) is 0 Å². The molecule has 2 heterocycles. The molecular formula is C27H40Cl2N4O3. The van der Waals surface area contributed by atoms with Crippen molar-refractivity contribution in [1.82, 2.24) is 14.7 Å². The lowest BCUT2D eigenvalue weighted by atomic mass is 9.87. The molecule has 1 aliphatic carbocycles. The first-order valence-corrected chi connectivity index (χ1v) is 13.4. The molecule has 0 bridgehead atoms. The van der Waals surface area contributed by atoms with Crippen molar-refractivity contribution in [2.45, 2.75) is 71.9 Å². The van der Waals surface area contributed by atoms with Crippen LogP contribution in [0.3, 0.4) is 0 Å². The first-order valence-electron chi connectivity index (χ1n) is 13.0. The average Bonchev–Trinajstić information content (AvgIpc) is 3.44. The van der Waals surface area contributed by atoms with Gasteiger partial charge < -0.3 is 14.4 Å². The first-order chi connectivity index (χ1) is 16.9. The summed E-state index contributed by atoms with van der Waals surface area (Å²) in [6.45, 7) is 11.0. The molecule has 1 saturated carbocycles. The monoisotopic (exact) mass is 538 g/mol. The highest BCUT2D eigenvalue weighted by molar-refractivity contribution is 6.30.